The average molecular weight is 432 g/mol. The summed E-state index contributed by atoms with van der Waals surface area (Å²) in [4.78, 5) is 19.6. The minimum atomic E-state index is -0.345. The van der Waals surface area contributed by atoms with Crippen LogP contribution in [0.1, 0.15) is 67.7 Å². The highest BCUT2D eigenvalue weighted by Gasteiger charge is 2.20. The van der Waals surface area contributed by atoms with Crippen molar-refractivity contribution in [1.82, 2.24) is 14.5 Å². The van der Waals surface area contributed by atoms with Crippen molar-refractivity contribution in [2.24, 2.45) is 12.5 Å². The molecule has 0 radical (unpaired) electrons. The number of hydrogen-bond donors (Lipinski definition) is 1. The molecule has 1 aliphatic carbocycles. The number of nitrogens with zero attached hydrogens (tertiary/aromatic N) is 2. The molecule has 0 bridgehead atoms. The number of methoxy groups -OCH3 is 1. The van der Waals surface area contributed by atoms with Crippen molar-refractivity contribution < 1.29 is 9.53 Å². The Balaban J connectivity index is 0.000000260. The second-order valence-electron chi connectivity index (χ2n) is 9.59. The number of fused-ring (bicyclic) bond motifs is 2. The zero-order valence-corrected chi connectivity index (χ0v) is 19.6. The van der Waals surface area contributed by atoms with E-state index in [1.54, 1.807) is 12.1 Å². The van der Waals surface area contributed by atoms with E-state index in [0.717, 1.165) is 16.9 Å². The maximum atomic E-state index is 11.6. The predicted molar refractivity (Wildman–Crippen MR) is 130 cm³/mol. The summed E-state index contributed by atoms with van der Waals surface area (Å²) in [6.45, 7) is 4.76. The number of aromatic amines is 1. The first-order valence-electron chi connectivity index (χ1n) is 11.5. The van der Waals surface area contributed by atoms with E-state index in [1.807, 2.05) is 25.2 Å². The number of nitrogens with one attached hydrogen (secondary N) is 1. The van der Waals surface area contributed by atoms with Crippen molar-refractivity contribution in [3.05, 3.63) is 65.6 Å². The van der Waals surface area contributed by atoms with Crippen molar-refractivity contribution in [2.75, 3.05) is 7.11 Å². The van der Waals surface area contributed by atoms with Gasteiger partial charge in [0, 0.05) is 30.6 Å². The number of esters is 1. The average Bonchev–Trinajstić information content (AvgIpc) is 3.33. The molecule has 1 aliphatic rings. The smallest absolute Gasteiger partial charge is 0.337 e. The van der Waals surface area contributed by atoms with E-state index in [-0.39, 0.29) is 5.97 Å². The van der Waals surface area contributed by atoms with Gasteiger partial charge in [0.15, 0.2) is 0 Å². The van der Waals surface area contributed by atoms with Crippen LogP contribution in [-0.2, 0) is 18.2 Å². The Hall–Kier alpha value is -3.08. The van der Waals surface area contributed by atoms with Crippen LogP contribution >= 0.6 is 0 Å². The quantitative estimate of drug-likeness (QED) is 0.381. The normalized spacial score (nSPS) is 15.4. The maximum Gasteiger partial charge on any atom is 0.337 e. The first-order valence-corrected chi connectivity index (χ1v) is 11.5. The number of ether oxygens (including phenoxy) is 1. The summed E-state index contributed by atoms with van der Waals surface area (Å²) in [5.41, 5.74) is 5.31. The number of carbonyl (C=O) groups excluding carboxylic acids is 1. The summed E-state index contributed by atoms with van der Waals surface area (Å²) >= 11 is 0. The van der Waals surface area contributed by atoms with Crippen molar-refractivity contribution in [2.45, 2.75) is 52.4 Å². The van der Waals surface area contributed by atoms with Crippen LogP contribution < -0.4 is 0 Å². The molecule has 0 amide bonds. The second kappa shape index (κ2) is 9.19. The summed E-state index contributed by atoms with van der Waals surface area (Å²) in [5, 5.41) is 1.23. The van der Waals surface area contributed by atoms with Gasteiger partial charge in [0.1, 0.15) is 5.82 Å². The first-order chi connectivity index (χ1) is 15.4. The molecular weight excluding hydrogens is 398 g/mol. The van der Waals surface area contributed by atoms with E-state index in [0.29, 0.717) is 17.4 Å². The third-order valence-electron chi connectivity index (χ3n) is 6.50. The number of carbonyl (C=O) groups is 1. The molecule has 1 fully saturated rings. The highest BCUT2D eigenvalue weighted by atomic mass is 16.5. The lowest BCUT2D eigenvalue weighted by molar-refractivity contribution is 0.0601. The lowest BCUT2D eigenvalue weighted by Crippen LogP contribution is -2.14. The van der Waals surface area contributed by atoms with Gasteiger partial charge in [0.25, 0.3) is 0 Å². The molecule has 5 nitrogen and oxygen atoms in total. The number of aromatic nitrogens is 3. The molecule has 2 aromatic heterocycles. The van der Waals surface area contributed by atoms with Gasteiger partial charge in [-0.05, 0) is 48.1 Å². The molecule has 168 valence electrons. The third-order valence-corrected chi connectivity index (χ3v) is 6.50. The van der Waals surface area contributed by atoms with Crippen LogP contribution in [0, 0.1) is 5.41 Å². The SMILES string of the molecule is CC1(C)CCCCC1.COC(=O)c1ccc2nc(Cc3cn(C)c4ccccc34)[nH]c2c1. The maximum absolute atomic E-state index is 11.6. The summed E-state index contributed by atoms with van der Waals surface area (Å²) < 4.78 is 6.89. The van der Waals surface area contributed by atoms with Gasteiger partial charge in [-0.2, -0.15) is 0 Å². The number of imidazole rings is 1. The lowest BCUT2D eigenvalue weighted by Gasteiger charge is -2.28. The van der Waals surface area contributed by atoms with Gasteiger partial charge in [-0.1, -0.05) is 51.3 Å². The number of hydrogen-bond acceptors (Lipinski definition) is 3. The molecule has 2 aromatic carbocycles. The van der Waals surface area contributed by atoms with E-state index < -0.39 is 0 Å². The van der Waals surface area contributed by atoms with Crippen molar-refractivity contribution in [3.63, 3.8) is 0 Å². The zero-order valence-electron chi connectivity index (χ0n) is 19.6. The minimum Gasteiger partial charge on any atom is -0.465 e. The summed E-state index contributed by atoms with van der Waals surface area (Å²) in [5.74, 6) is 0.533. The Morgan fingerprint density at radius 1 is 1.12 bits per heavy atom. The van der Waals surface area contributed by atoms with Gasteiger partial charge < -0.3 is 14.3 Å². The molecule has 4 aromatic rings. The fourth-order valence-electron chi connectivity index (χ4n) is 4.65. The molecule has 32 heavy (non-hydrogen) atoms. The lowest BCUT2D eigenvalue weighted by atomic mass is 9.78. The van der Waals surface area contributed by atoms with Crippen molar-refractivity contribution in [1.29, 1.82) is 0 Å². The summed E-state index contributed by atoms with van der Waals surface area (Å²) in [7, 11) is 3.43. The van der Waals surface area contributed by atoms with Crippen LogP contribution in [0.3, 0.4) is 0 Å². The van der Waals surface area contributed by atoms with Crippen LogP contribution in [0.25, 0.3) is 21.9 Å². The van der Waals surface area contributed by atoms with Gasteiger partial charge in [-0.15, -0.1) is 0 Å². The zero-order chi connectivity index (χ0) is 22.7. The predicted octanol–water partition coefficient (Wildman–Crippen LogP) is 6.41. The Kier molecular flexibility index (Phi) is 6.35. The van der Waals surface area contributed by atoms with E-state index in [9.17, 15) is 4.79 Å². The Morgan fingerprint density at radius 2 is 1.88 bits per heavy atom. The first kappa shape index (κ1) is 22.1. The standard InChI is InChI=1S/C19H17N3O2.C8H16/c1-22-11-13(14-5-3-4-6-17(14)22)10-18-20-15-8-7-12(19(23)24-2)9-16(15)21-18;1-8(2)6-4-3-5-7-8/h3-9,11H,10H2,1-2H3,(H,20,21);3-7H2,1-2H3. The molecule has 2 heterocycles. The number of benzene rings is 2. The number of H-pyrrole nitrogens is 1. The Morgan fingerprint density at radius 3 is 2.56 bits per heavy atom. The van der Waals surface area contributed by atoms with E-state index in [4.69, 9.17) is 4.74 Å². The van der Waals surface area contributed by atoms with Crippen molar-refractivity contribution in [3.8, 4) is 0 Å². The molecule has 5 heteroatoms. The van der Waals surface area contributed by atoms with Crippen LogP contribution in [0.5, 0.6) is 0 Å². The Bertz CT molecular complexity index is 1220. The molecule has 0 atom stereocenters. The van der Waals surface area contributed by atoms with Crippen LogP contribution in [0.2, 0.25) is 0 Å². The highest BCUT2D eigenvalue weighted by Crippen LogP contribution is 2.34. The fourth-order valence-corrected chi connectivity index (χ4v) is 4.65. The van der Waals surface area contributed by atoms with E-state index in [2.05, 4.69) is 46.7 Å². The molecular formula is C27H33N3O2. The topological polar surface area (TPSA) is 59.9 Å². The molecule has 0 saturated heterocycles. The van der Waals surface area contributed by atoms with E-state index >= 15 is 0 Å². The third kappa shape index (κ3) is 4.87. The summed E-state index contributed by atoms with van der Waals surface area (Å²) in [6, 6.07) is 13.7. The monoisotopic (exact) mass is 431 g/mol. The number of para-hydroxylation sites is 1. The van der Waals surface area contributed by atoms with Gasteiger partial charge in [-0.25, -0.2) is 9.78 Å². The molecule has 0 spiro atoms. The van der Waals surface area contributed by atoms with Gasteiger partial charge >= 0.3 is 5.97 Å². The fraction of sp³-hybridized carbons (Fsp3) is 0.407. The van der Waals surface area contributed by atoms with E-state index in [1.165, 1.54) is 55.7 Å². The molecule has 5 rings (SSSR count). The van der Waals surface area contributed by atoms with Crippen LogP contribution in [0.4, 0.5) is 0 Å². The number of rotatable bonds is 3. The van der Waals surface area contributed by atoms with Gasteiger partial charge in [0.05, 0.1) is 23.7 Å². The highest BCUT2D eigenvalue weighted by molar-refractivity contribution is 5.93. The molecule has 1 N–H and O–H groups in total. The molecule has 0 unspecified atom stereocenters. The molecule has 1 saturated carbocycles. The van der Waals surface area contributed by atoms with Crippen LogP contribution in [0.15, 0.2) is 48.7 Å². The molecule has 0 aliphatic heterocycles. The minimum absolute atomic E-state index is 0.345. The summed E-state index contributed by atoms with van der Waals surface area (Å²) in [6.07, 6.45) is 10.2. The Labute approximate surface area is 189 Å². The van der Waals surface area contributed by atoms with Crippen LogP contribution in [-0.4, -0.2) is 27.6 Å². The second-order valence-corrected chi connectivity index (χ2v) is 9.59. The van der Waals surface area contributed by atoms with Crippen molar-refractivity contribution >= 4 is 27.9 Å². The van der Waals surface area contributed by atoms with Gasteiger partial charge in [0.2, 0.25) is 0 Å². The van der Waals surface area contributed by atoms with Gasteiger partial charge in [-0.3, -0.25) is 0 Å². The largest absolute Gasteiger partial charge is 0.465 e. The number of aryl methyl sites for hydroxylation is 1.